The molecule has 0 spiro atoms. The van der Waals surface area contributed by atoms with Crippen LogP contribution < -0.4 is 11.1 Å². The second-order valence-corrected chi connectivity index (χ2v) is 4.22. The van der Waals surface area contributed by atoms with E-state index in [4.69, 9.17) is 21.9 Å². The zero-order chi connectivity index (χ0) is 12.5. The van der Waals surface area contributed by atoms with E-state index in [1.807, 2.05) is 0 Å². The van der Waals surface area contributed by atoms with Gasteiger partial charge in [0, 0.05) is 22.6 Å². The van der Waals surface area contributed by atoms with Gasteiger partial charge in [-0.2, -0.15) is 0 Å². The van der Waals surface area contributed by atoms with Gasteiger partial charge < -0.3 is 15.6 Å². The molecule has 18 heavy (non-hydrogen) atoms. The lowest BCUT2D eigenvalue weighted by Gasteiger charge is -2.04. The fourth-order valence-corrected chi connectivity index (χ4v) is 1.93. The molecule has 3 rings (SSSR count). The molecule has 0 fully saturated rings. The van der Waals surface area contributed by atoms with Gasteiger partial charge in [0.05, 0.1) is 0 Å². The van der Waals surface area contributed by atoms with Crippen molar-refractivity contribution in [3.63, 3.8) is 0 Å². The SMILES string of the molecule is Nc1cc(Cl)cc(Nc2noc3cccnc23)c1. The summed E-state index contributed by atoms with van der Waals surface area (Å²) in [6, 6.07) is 8.77. The van der Waals surface area contributed by atoms with E-state index >= 15 is 0 Å². The topological polar surface area (TPSA) is 77.0 Å². The van der Waals surface area contributed by atoms with E-state index in [9.17, 15) is 0 Å². The lowest BCUT2D eigenvalue weighted by Crippen LogP contribution is -1.93. The highest BCUT2D eigenvalue weighted by molar-refractivity contribution is 6.31. The quantitative estimate of drug-likeness (QED) is 0.692. The van der Waals surface area contributed by atoms with E-state index in [0.717, 1.165) is 5.69 Å². The van der Waals surface area contributed by atoms with Crippen LogP contribution >= 0.6 is 11.6 Å². The molecule has 0 aliphatic heterocycles. The number of benzene rings is 1. The van der Waals surface area contributed by atoms with Crippen molar-refractivity contribution in [1.82, 2.24) is 10.1 Å². The van der Waals surface area contributed by atoms with Crippen LogP contribution in [0.5, 0.6) is 0 Å². The molecular formula is C12H9ClN4O. The minimum Gasteiger partial charge on any atom is -0.399 e. The number of hydrogen-bond donors (Lipinski definition) is 2. The third kappa shape index (κ3) is 1.96. The molecule has 0 radical (unpaired) electrons. The summed E-state index contributed by atoms with van der Waals surface area (Å²) in [6.45, 7) is 0. The van der Waals surface area contributed by atoms with E-state index in [2.05, 4.69) is 15.5 Å². The summed E-state index contributed by atoms with van der Waals surface area (Å²) in [4.78, 5) is 4.20. The molecule has 2 heterocycles. The maximum atomic E-state index is 5.93. The Labute approximate surface area is 108 Å². The number of rotatable bonds is 2. The smallest absolute Gasteiger partial charge is 0.200 e. The van der Waals surface area contributed by atoms with Gasteiger partial charge in [0.1, 0.15) is 0 Å². The molecule has 0 amide bonds. The van der Waals surface area contributed by atoms with Gasteiger partial charge in [-0.25, -0.2) is 4.98 Å². The summed E-state index contributed by atoms with van der Waals surface area (Å²) in [5.74, 6) is 0.535. The molecule has 6 heteroatoms. The summed E-state index contributed by atoms with van der Waals surface area (Å²) < 4.78 is 5.14. The minimum absolute atomic E-state index is 0.535. The van der Waals surface area contributed by atoms with Crippen LogP contribution in [0.3, 0.4) is 0 Å². The average Bonchev–Trinajstić information content (AvgIpc) is 2.72. The average molecular weight is 261 g/mol. The van der Waals surface area contributed by atoms with E-state index < -0.39 is 0 Å². The van der Waals surface area contributed by atoms with E-state index in [1.165, 1.54) is 0 Å². The number of pyridine rings is 1. The van der Waals surface area contributed by atoms with Crippen molar-refractivity contribution >= 4 is 39.9 Å². The third-order valence-corrected chi connectivity index (χ3v) is 2.63. The lowest BCUT2D eigenvalue weighted by molar-refractivity contribution is 0.460. The lowest BCUT2D eigenvalue weighted by atomic mass is 10.3. The fraction of sp³-hybridized carbons (Fsp3) is 0. The molecule has 5 nitrogen and oxygen atoms in total. The summed E-state index contributed by atoms with van der Waals surface area (Å²) in [7, 11) is 0. The van der Waals surface area contributed by atoms with Gasteiger partial charge in [0.25, 0.3) is 0 Å². The van der Waals surface area contributed by atoms with Crippen LogP contribution in [0, 0.1) is 0 Å². The predicted octanol–water partition coefficient (Wildman–Crippen LogP) is 3.20. The summed E-state index contributed by atoms with van der Waals surface area (Å²) in [5.41, 5.74) is 8.31. The molecule has 0 bridgehead atoms. The Morgan fingerprint density at radius 3 is 3.00 bits per heavy atom. The Morgan fingerprint density at radius 2 is 2.17 bits per heavy atom. The van der Waals surface area contributed by atoms with Crippen molar-refractivity contribution in [2.45, 2.75) is 0 Å². The van der Waals surface area contributed by atoms with Crippen molar-refractivity contribution in [1.29, 1.82) is 0 Å². The van der Waals surface area contributed by atoms with Crippen molar-refractivity contribution in [3.05, 3.63) is 41.6 Å². The van der Waals surface area contributed by atoms with E-state index in [1.54, 1.807) is 36.5 Å². The molecular weight excluding hydrogens is 252 g/mol. The van der Waals surface area contributed by atoms with E-state index in [0.29, 0.717) is 27.6 Å². The zero-order valence-corrected chi connectivity index (χ0v) is 9.98. The second-order valence-electron chi connectivity index (χ2n) is 3.78. The molecule has 90 valence electrons. The summed E-state index contributed by atoms with van der Waals surface area (Å²) in [5, 5.41) is 7.55. The minimum atomic E-state index is 0.535. The van der Waals surface area contributed by atoms with E-state index in [-0.39, 0.29) is 0 Å². The highest BCUT2D eigenvalue weighted by Gasteiger charge is 2.09. The normalized spacial score (nSPS) is 10.7. The summed E-state index contributed by atoms with van der Waals surface area (Å²) in [6.07, 6.45) is 1.68. The Hall–Kier alpha value is -2.27. The first-order valence-corrected chi connectivity index (χ1v) is 5.64. The molecule has 0 saturated carbocycles. The number of nitrogens with two attached hydrogens (primary N) is 1. The van der Waals surface area contributed by atoms with Crippen molar-refractivity contribution < 1.29 is 4.52 Å². The van der Waals surface area contributed by atoms with Gasteiger partial charge in [0.15, 0.2) is 16.9 Å². The Bertz CT molecular complexity index is 690. The monoisotopic (exact) mass is 260 g/mol. The highest BCUT2D eigenvalue weighted by Crippen LogP contribution is 2.26. The number of aromatic nitrogens is 2. The van der Waals surface area contributed by atoms with Gasteiger partial charge in [0.2, 0.25) is 0 Å². The second kappa shape index (κ2) is 4.19. The number of fused-ring (bicyclic) bond motifs is 1. The van der Waals surface area contributed by atoms with Crippen molar-refractivity contribution in [2.75, 3.05) is 11.1 Å². The van der Waals surface area contributed by atoms with Gasteiger partial charge in [-0.1, -0.05) is 16.8 Å². The Balaban J connectivity index is 2.01. The number of halogens is 1. The standard InChI is InChI=1S/C12H9ClN4O/c13-7-4-8(14)6-9(5-7)16-12-11-10(18-17-12)2-1-3-15-11/h1-6H,14H2,(H,16,17). The van der Waals surface area contributed by atoms with Crippen molar-refractivity contribution in [3.8, 4) is 0 Å². The predicted molar refractivity (Wildman–Crippen MR) is 71.0 cm³/mol. The Morgan fingerprint density at radius 1 is 1.28 bits per heavy atom. The first-order chi connectivity index (χ1) is 8.72. The number of nitrogen functional groups attached to an aromatic ring is 1. The largest absolute Gasteiger partial charge is 0.399 e. The van der Waals surface area contributed by atoms with Gasteiger partial charge >= 0.3 is 0 Å². The van der Waals surface area contributed by atoms with Crippen LogP contribution in [0.15, 0.2) is 41.1 Å². The number of hydrogen-bond acceptors (Lipinski definition) is 5. The van der Waals surface area contributed by atoms with Crippen LogP contribution in [0.25, 0.3) is 11.1 Å². The zero-order valence-electron chi connectivity index (χ0n) is 9.22. The van der Waals surface area contributed by atoms with Crippen molar-refractivity contribution in [2.24, 2.45) is 0 Å². The third-order valence-electron chi connectivity index (χ3n) is 2.41. The molecule has 0 saturated heterocycles. The molecule has 0 atom stereocenters. The van der Waals surface area contributed by atoms with Gasteiger partial charge in [-0.3, -0.25) is 0 Å². The molecule has 3 N–H and O–H groups in total. The van der Waals surface area contributed by atoms with Gasteiger partial charge in [-0.05, 0) is 30.3 Å². The molecule has 2 aromatic heterocycles. The molecule has 1 aromatic carbocycles. The molecule has 3 aromatic rings. The highest BCUT2D eigenvalue weighted by atomic mass is 35.5. The van der Waals surface area contributed by atoms with Crippen LogP contribution in [0.1, 0.15) is 0 Å². The van der Waals surface area contributed by atoms with Gasteiger partial charge in [-0.15, -0.1) is 0 Å². The van der Waals surface area contributed by atoms with Crippen LogP contribution in [0.4, 0.5) is 17.2 Å². The maximum absolute atomic E-state index is 5.93. The summed E-state index contributed by atoms with van der Waals surface area (Å²) >= 11 is 5.93. The van der Waals surface area contributed by atoms with Crippen LogP contribution in [-0.2, 0) is 0 Å². The molecule has 0 unspecified atom stereocenters. The van der Waals surface area contributed by atoms with Crippen LogP contribution in [-0.4, -0.2) is 10.1 Å². The number of nitrogens with one attached hydrogen (secondary N) is 1. The number of anilines is 3. The first-order valence-electron chi connectivity index (χ1n) is 5.26. The fourth-order valence-electron chi connectivity index (χ4n) is 1.68. The first kappa shape index (κ1) is 10.9. The number of nitrogens with zero attached hydrogens (tertiary/aromatic N) is 2. The maximum Gasteiger partial charge on any atom is 0.200 e. The Kier molecular flexibility index (Phi) is 2.53. The van der Waals surface area contributed by atoms with Crippen LogP contribution in [0.2, 0.25) is 5.02 Å². The molecule has 0 aliphatic rings. The molecule has 0 aliphatic carbocycles.